The number of fused-ring (bicyclic) bond motifs is 10. The van der Waals surface area contributed by atoms with Crippen LogP contribution in [0.4, 0.5) is 0 Å². The first-order chi connectivity index (χ1) is 31.6. The first-order valence-electron chi connectivity index (χ1n) is 23.8. The lowest BCUT2D eigenvalue weighted by molar-refractivity contribution is 1.17. The standard InChI is InChI=1S/C48H31N3/c1-3-15-33(16-4-1)49-41-24-12-8-20-36(41)39-31-32(27-28-44(39)49)35-19-7-11-23-40(35)51-43-26-14-10-22-38(43)48-46(51)30-29-45-47(48)37-21-9-13-25-42(37)50(45)34-17-5-2-6-18-34/h1-31H/i2D,5D,6D,9D,10D,13D,14D,17D,18D,21D,22D,25D,26D,29D,30D. The highest BCUT2D eigenvalue weighted by molar-refractivity contribution is 6.29. The molecule has 0 amide bonds. The molecule has 11 rings (SSSR count). The van der Waals surface area contributed by atoms with E-state index < -0.39 is 96.3 Å². The van der Waals surface area contributed by atoms with Crippen molar-refractivity contribution < 1.29 is 20.6 Å². The predicted octanol–water partition coefficient (Wildman–Crippen LogP) is 12.6. The van der Waals surface area contributed by atoms with Crippen molar-refractivity contribution in [2.24, 2.45) is 0 Å². The minimum Gasteiger partial charge on any atom is -0.309 e. The summed E-state index contributed by atoms with van der Waals surface area (Å²) >= 11 is 0. The average Bonchev–Trinajstić information content (AvgIpc) is 3.99. The second-order valence-electron chi connectivity index (χ2n) is 12.2. The smallest absolute Gasteiger partial charge is 0.0646 e. The molecule has 3 heteroatoms. The van der Waals surface area contributed by atoms with Crippen LogP contribution >= 0.6 is 0 Å². The van der Waals surface area contributed by atoms with E-state index in [1.807, 2.05) is 84.9 Å². The van der Waals surface area contributed by atoms with Gasteiger partial charge in [-0.05, 0) is 78.2 Å². The third kappa shape index (κ3) is 4.00. The molecule has 3 heterocycles. The molecule has 51 heavy (non-hydrogen) atoms. The maximum Gasteiger partial charge on any atom is 0.0646 e. The van der Waals surface area contributed by atoms with Crippen molar-refractivity contribution in [3.8, 4) is 28.2 Å². The lowest BCUT2D eigenvalue weighted by Crippen LogP contribution is -1.97. The minimum atomic E-state index is -0.745. The molecule has 8 aromatic carbocycles. The average molecular weight is 665 g/mol. The molecule has 0 N–H and O–H groups in total. The first kappa shape index (κ1) is 17.2. The van der Waals surface area contributed by atoms with E-state index in [4.69, 9.17) is 12.3 Å². The van der Waals surface area contributed by atoms with Gasteiger partial charge in [0.2, 0.25) is 0 Å². The van der Waals surface area contributed by atoms with Crippen molar-refractivity contribution in [2.45, 2.75) is 0 Å². The molecular weight excluding hydrogens is 619 g/mol. The van der Waals surface area contributed by atoms with Crippen LogP contribution in [0.1, 0.15) is 20.6 Å². The van der Waals surface area contributed by atoms with Crippen molar-refractivity contribution in [3.63, 3.8) is 0 Å². The number of benzene rings is 8. The number of hydrogen-bond acceptors (Lipinski definition) is 0. The molecule has 0 saturated heterocycles. The van der Waals surface area contributed by atoms with E-state index in [2.05, 4.69) is 4.57 Å². The minimum absolute atomic E-state index is 0.0506. The summed E-state index contributed by atoms with van der Waals surface area (Å²) in [5.74, 6) is 0. The van der Waals surface area contributed by atoms with Crippen LogP contribution in [-0.2, 0) is 0 Å². The summed E-state index contributed by atoms with van der Waals surface area (Å²) in [6, 6.07) is 21.5. The molecule has 11 aromatic rings. The Labute approximate surface area is 315 Å². The molecule has 0 bridgehead atoms. The van der Waals surface area contributed by atoms with Crippen LogP contribution in [0.15, 0.2) is 188 Å². The normalized spacial score (nSPS) is 16.0. The Kier molecular flexibility index (Phi) is 3.65. The zero-order chi connectivity index (χ0) is 46.5. The topological polar surface area (TPSA) is 14.8 Å². The van der Waals surface area contributed by atoms with Crippen molar-refractivity contribution in [3.05, 3.63) is 188 Å². The molecule has 3 nitrogen and oxygen atoms in total. The van der Waals surface area contributed by atoms with Crippen LogP contribution in [0.2, 0.25) is 0 Å². The van der Waals surface area contributed by atoms with Crippen molar-refractivity contribution >= 4 is 65.4 Å². The molecular formula is C48H31N3. The van der Waals surface area contributed by atoms with E-state index in [1.54, 1.807) is 12.1 Å². The summed E-state index contributed by atoms with van der Waals surface area (Å²) in [6.07, 6.45) is 0. The largest absolute Gasteiger partial charge is 0.309 e. The Bertz CT molecular complexity index is 3970. The quantitative estimate of drug-likeness (QED) is 0.178. The molecule has 3 aromatic heterocycles. The summed E-state index contributed by atoms with van der Waals surface area (Å²) in [5, 5.41) is 1.39. The fraction of sp³-hybridized carbons (Fsp3) is 0. The Morgan fingerprint density at radius 3 is 1.73 bits per heavy atom. The fourth-order valence-electron chi connectivity index (χ4n) is 7.56. The van der Waals surface area contributed by atoms with Crippen LogP contribution in [0.25, 0.3) is 93.6 Å². The lowest BCUT2D eigenvalue weighted by atomic mass is 10.0. The van der Waals surface area contributed by atoms with E-state index in [9.17, 15) is 8.22 Å². The highest BCUT2D eigenvalue weighted by Crippen LogP contribution is 2.44. The van der Waals surface area contributed by atoms with Crippen LogP contribution in [0.3, 0.4) is 0 Å². The molecule has 0 aliphatic heterocycles. The van der Waals surface area contributed by atoms with Gasteiger partial charge in [0.1, 0.15) is 0 Å². The van der Waals surface area contributed by atoms with Gasteiger partial charge >= 0.3 is 0 Å². The van der Waals surface area contributed by atoms with Gasteiger partial charge in [0.05, 0.1) is 59.3 Å². The predicted molar refractivity (Wildman–Crippen MR) is 215 cm³/mol. The van der Waals surface area contributed by atoms with Gasteiger partial charge in [0.15, 0.2) is 0 Å². The Morgan fingerprint density at radius 2 is 0.941 bits per heavy atom. The van der Waals surface area contributed by atoms with Gasteiger partial charge in [-0.2, -0.15) is 0 Å². The van der Waals surface area contributed by atoms with Crippen LogP contribution in [0, 0.1) is 0 Å². The highest BCUT2D eigenvalue weighted by Gasteiger charge is 2.22. The number of para-hydroxylation sites is 6. The molecule has 0 atom stereocenters. The van der Waals surface area contributed by atoms with Crippen molar-refractivity contribution in [1.82, 2.24) is 13.7 Å². The van der Waals surface area contributed by atoms with Gasteiger partial charge in [0, 0.05) is 49.3 Å². The molecule has 0 spiro atoms. The third-order valence-corrected chi connectivity index (χ3v) is 9.61. The monoisotopic (exact) mass is 664 g/mol. The van der Waals surface area contributed by atoms with Crippen LogP contribution in [-0.4, -0.2) is 13.7 Å². The second kappa shape index (κ2) is 10.8. The summed E-state index contributed by atoms with van der Waals surface area (Å²) < 4.78 is 140. The number of nitrogens with zero attached hydrogens (tertiary/aromatic N) is 3. The first-order valence-corrected chi connectivity index (χ1v) is 16.3. The van der Waals surface area contributed by atoms with Crippen LogP contribution < -0.4 is 0 Å². The molecule has 0 fully saturated rings. The van der Waals surface area contributed by atoms with Crippen LogP contribution in [0.5, 0.6) is 0 Å². The molecule has 238 valence electrons. The fourth-order valence-corrected chi connectivity index (χ4v) is 7.56. The number of rotatable bonds is 4. The third-order valence-electron chi connectivity index (χ3n) is 9.61. The molecule has 0 aliphatic rings. The highest BCUT2D eigenvalue weighted by atomic mass is 15.0. The lowest BCUT2D eigenvalue weighted by Gasteiger charge is -2.15. The molecule has 0 aliphatic carbocycles. The van der Waals surface area contributed by atoms with Gasteiger partial charge in [-0.15, -0.1) is 0 Å². The van der Waals surface area contributed by atoms with Crippen molar-refractivity contribution in [2.75, 3.05) is 0 Å². The Hall–Kier alpha value is -6.84. The number of hydrogen-bond donors (Lipinski definition) is 0. The summed E-state index contributed by atoms with van der Waals surface area (Å²) in [4.78, 5) is 0. The van der Waals surface area contributed by atoms with E-state index >= 15 is 0 Å². The maximum absolute atomic E-state index is 9.84. The van der Waals surface area contributed by atoms with E-state index in [1.165, 1.54) is 4.57 Å². The maximum atomic E-state index is 9.84. The van der Waals surface area contributed by atoms with Gasteiger partial charge in [0.25, 0.3) is 0 Å². The summed E-state index contributed by atoms with van der Waals surface area (Å²) in [7, 11) is 0. The summed E-state index contributed by atoms with van der Waals surface area (Å²) in [5.41, 5.74) is 3.23. The van der Waals surface area contributed by atoms with Gasteiger partial charge < -0.3 is 13.7 Å². The van der Waals surface area contributed by atoms with Gasteiger partial charge in [-0.25, -0.2) is 0 Å². The SMILES string of the molecule is [2H]c1c([2H])c([2H])c(-n2c3c([2H])c([2H])c([2H])c([2H])c3c3c4c5c([2H])c([2H])c([2H])c([2H])c5n(-c5ccccc5-c5ccc6c(c5)c5ccccc5n6-c5ccccc5)c4c([2H])c([2H])c32)c([2H])c1[2H]. The Morgan fingerprint density at radius 1 is 0.353 bits per heavy atom. The molecule has 0 unspecified atom stereocenters. The van der Waals surface area contributed by atoms with E-state index in [0.717, 1.165) is 37.6 Å². The Balaban J connectivity index is 1.34. The van der Waals surface area contributed by atoms with E-state index in [-0.39, 0.29) is 43.6 Å². The van der Waals surface area contributed by atoms with Gasteiger partial charge in [-0.1, -0.05) is 115 Å². The molecule has 0 radical (unpaired) electrons. The van der Waals surface area contributed by atoms with E-state index in [0.29, 0.717) is 11.3 Å². The molecule has 0 saturated carbocycles. The van der Waals surface area contributed by atoms with Crippen molar-refractivity contribution in [1.29, 1.82) is 0 Å². The van der Waals surface area contributed by atoms with Gasteiger partial charge in [-0.3, -0.25) is 0 Å². The second-order valence-corrected chi connectivity index (χ2v) is 12.2. The zero-order valence-electron chi connectivity index (χ0n) is 41.6. The zero-order valence-corrected chi connectivity index (χ0v) is 26.6. The number of aromatic nitrogens is 3. The summed E-state index contributed by atoms with van der Waals surface area (Å²) in [6.45, 7) is 0.